The van der Waals surface area contributed by atoms with E-state index in [-0.39, 0.29) is 5.56 Å². The molecule has 0 fully saturated rings. The smallest absolute Gasteiger partial charge is 0.259 e. The minimum absolute atomic E-state index is 0.177. The van der Waals surface area contributed by atoms with Crippen molar-refractivity contribution >= 4 is 22.5 Å². The van der Waals surface area contributed by atoms with E-state index in [1.165, 1.54) is 0 Å². The molecule has 3 rings (SSSR count). The highest BCUT2D eigenvalue weighted by molar-refractivity contribution is 6.31. The van der Waals surface area contributed by atoms with E-state index in [0.29, 0.717) is 21.7 Å². The van der Waals surface area contributed by atoms with E-state index in [1.807, 2.05) is 0 Å². The first-order valence-corrected chi connectivity index (χ1v) is 5.72. The number of aromatic nitrogens is 3. The molecule has 0 aliphatic heterocycles. The minimum Gasteiger partial charge on any atom is -0.306 e. The Morgan fingerprint density at radius 3 is 2.67 bits per heavy atom. The largest absolute Gasteiger partial charge is 0.306 e. The molecule has 0 aliphatic rings. The van der Waals surface area contributed by atoms with Crippen LogP contribution in [0.25, 0.3) is 22.3 Å². The van der Waals surface area contributed by atoms with Gasteiger partial charge < -0.3 is 4.98 Å². The molecule has 3 aromatic rings. The van der Waals surface area contributed by atoms with Gasteiger partial charge in [0.25, 0.3) is 5.56 Å². The summed E-state index contributed by atoms with van der Waals surface area (Å²) < 4.78 is 0. The Kier molecular flexibility index (Phi) is 2.57. The number of hydrogen-bond acceptors (Lipinski definition) is 3. The predicted molar refractivity (Wildman–Crippen MR) is 70.6 cm³/mol. The molecule has 0 bridgehead atoms. The number of nitrogens with one attached hydrogen (secondary N) is 1. The van der Waals surface area contributed by atoms with Crippen LogP contribution in [0.1, 0.15) is 0 Å². The average Bonchev–Trinajstić information content (AvgIpc) is 2.39. The Morgan fingerprint density at radius 2 is 1.89 bits per heavy atom. The monoisotopic (exact) mass is 257 g/mol. The normalized spacial score (nSPS) is 10.7. The second-order valence-corrected chi connectivity index (χ2v) is 4.25. The summed E-state index contributed by atoms with van der Waals surface area (Å²) in [4.78, 5) is 23.0. The van der Waals surface area contributed by atoms with Gasteiger partial charge in [-0.05, 0) is 30.3 Å². The second kappa shape index (κ2) is 4.23. The Hall–Kier alpha value is -2.20. The fraction of sp³-hybridized carbons (Fsp3) is 0. The molecule has 1 aromatic carbocycles. The molecular weight excluding hydrogens is 250 g/mol. The maximum atomic E-state index is 11.9. The van der Waals surface area contributed by atoms with Gasteiger partial charge >= 0.3 is 0 Å². The van der Waals surface area contributed by atoms with Crippen LogP contribution in [0.5, 0.6) is 0 Å². The zero-order valence-electron chi connectivity index (χ0n) is 9.22. The Balaban J connectivity index is 2.30. The third-order valence-electron chi connectivity index (χ3n) is 2.62. The van der Waals surface area contributed by atoms with Gasteiger partial charge in [0.05, 0.1) is 10.9 Å². The zero-order chi connectivity index (χ0) is 12.5. The van der Waals surface area contributed by atoms with Crippen molar-refractivity contribution < 1.29 is 0 Å². The van der Waals surface area contributed by atoms with Crippen molar-refractivity contribution in [3.63, 3.8) is 0 Å². The molecule has 0 saturated heterocycles. The van der Waals surface area contributed by atoms with Crippen molar-refractivity contribution in [2.45, 2.75) is 0 Å². The summed E-state index contributed by atoms with van der Waals surface area (Å²) in [6.07, 6.45) is 3.30. The summed E-state index contributed by atoms with van der Waals surface area (Å²) in [5.41, 5.74) is 1.21. The summed E-state index contributed by atoms with van der Waals surface area (Å²) in [6, 6.07) is 8.59. The standard InChI is InChI=1S/C13H8ClN3O/c14-9-1-2-10-11(7-9)16-12(17-13(10)18)8-3-5-15-6-4-8/h1-7H,(H,16,17,18). The van der Waals surface area contributed by atoms with E-state index in [0.717, 1.165) is 5.56 Å². The number of benzene rings is 1. The van der Waals surface area contributed by atoms with Gasteiger partial charge in [-0.3, -0.25) is 9.78 Å². The van der Waals surface area contributed by atoms with Gasteiger partial charge in [-0.2, -0.15) is 0 Å². The fourth-order valence-corrected chi connectivity index (χ4v) is 1.93. The van der Waals surface area contributed by atoms with Gasteiger partial charge in [0.15, 0.2) is 0 Å². The maximum absolute atomic E-state index is 11.9. The van der Waals surface area contributed by atoms with E-state index >= 15 is 0 Å². The van der Waals surface area contributed by atoms with Gasteiger partial charge in [0, 0.05) is 23.0 Å². The molecule has 1 N–H and O–H groups in total. The van der Waals surface area contributed by atoms with Gasteiger partial charge in [0.1, 0.15) is 5.82 Å². The molecule has 18 heavy (non-hydrogen) atoms. The predicted octanol–water partition coefficient (Wildman–Crippen LogP) is 2.64. The number of fused-ring (bicyclic) bond motifs is 1. The molecule has 0 saturated carbocycles. The molecule has 0 aliphatic carbocycles. The van der Waals surface area contributed by atoms with Crippen LogP contribution in [0.3, 0.4) is 0 Å². The lowest BCUT2D eigenvalue weighted by Gasteiger charge is -2.02. The molecule has 5 heteroatoms. The van der Waals surface area contributed by atoms with Crippen LogP contribution in [0.15, 0.2) is 47.5 Å². The van der Waals surface area contributed by atoms with Crippen LogP contribution < -0.4 is 5.56 Å². The summed E-state index contributed by atoms with van der Waals surface area (Å²) >= 11 is 5.91. The summed E-state index contributed by atoms with van der Waals surface area (Å²) in [5, 5.41) is 1.08. The number of H-pyrrole nitrogens is 1. The first kappa shape index (κ1) is 10.9. The number of rotatable bonds is 1. The first-order valence-electron chi connectivity index (χ1n) is 5.34. The number of nitrogens with zero attached hydrogens (tertiary/aromatic N) is 2. The van der Waals surface area contributed by atoms with E-state index in [2.05, 4.69) is 15.0 Å². The van der Waals surface area contributed by atoms with Gasteiger partial charge in [-0.15, -0.1) is 0 Å². The molecule has 2 heterocycles. The lowest BCUT2D eigenvalue weighted by Crippen LogP contribution is -2.09. The molecule has 0 amide bonds. The molecule has 0 unspecified atom stereocenters. The van der Waals surface area contributed by atoms with E-state index in [4.69, 9.17) is 11.6 Å². The molecule has 4 nitrogen and oxygen atoms in total. The Bertz CT molecular complexity index is 768. The van der Waals surface area contributed by atoms with Gasteiger partial charge in [0.2, 0.25) is 0 Å². The second-order valence-electron chi connectivity index (χ2n) is 3.81. The summed E-state index contributed by atoms with van der Waals surface area (Å²) in [5.74, 6) is 0.511. The molecular formula is C13H8ClN3O. The summed E-state index contributed by atoms with van der Waals surface area (Å²) in [6.45, 7) is 0. The lowest BCUT2D eigenvalue weighted by atomic mass is 10.2. The first-order chi connectivity index (χ1) is 8.74. The third-order valence-corrected chi connectivity index (χ3v) is 2.86. The van der Waals surface area contributed by atoms with Crippen LogP contribution in [0.4, 0.5) is 0 Å². The van der Waals surface area contributed by atoms with Crippen LogP contribution in [-0.4, -0.2) is 15.0 Å². The average molecular weight is 258 g/mol. The highest BCUT2D eigenvalue weighted by Gasteiger charge is 2.05. The van der Waals surface area contributed by atoms with Crippen molar-refractivity contribution in [3.05, 3.63) is 58.1 Å². The van der Waals surface area contributed by atoms with Crippen molar-refractivity contribution in [1.29, 1.82) is 0 Å². The van der Waals surface area contributed by atoms with Crippen molar-refractivity contribution in [2.24, 2.45) is 0 Å². The Morgan fingerprint density at radius 1 is 1.11 bits per heavy atom. The minimum atomic E-state index is -0.177. The van der Waals surface area contributed by atoms with Crippen molar-refractivity contribution in [3.8, 4) is 11.4 Å². The summed E-state index contributed by atoms with van der Waals surface area (Å²) in [7, 11) is 0. The maximum Gasteiger partial charge on any atom is 0.259 e. The molecule has 88 valence electrons. The zero-order valence-corrected chi connectivity index (χ0v) is 9.98. The van der Waals surface area contributed by atoms with Gasteiger partial charge in [-0.1, -0.05) is 11.6 Å². The topological polar surface area (TPSA) is 58.6 Å². The van der Waals surface area contributed by atoms with Crippen LogP contribution in [0, 0.1) is 0 Å². The SMILES string of the molecule is O=c1[nH]c(-c2ccncc2)nc2cc(Cl)ccc12. The van der Waals surface area contributed by atoms with Crippen molar-refractivity contribution in [2.75, 3.05) is 0 Å². The molecule has 0 radical (unpaired) electrons. The number of halogens is 1. The number of hydrogen-bond donors (Lipinski definition) is 1. The van der Waals surface area contributed by atoms with E-state index < -0.39 is 0 Å². The lowest BCUT2D eigenvalue weighted by molar-refractivity contribution is 1.17. The van der Waals surface area contributed by atoms with Crippen LogP contribution >= 0.6 is 11.6 Å². The number of pyridine rings is 1. The molecule has 0 atom stereocenters. The number of aromatic amines is 1. The fourth-order valence-electron chi connectivity index (χ4n) is 1.76. The molecule has 2 aromatic heterocycles. The third kappa shape index (κ3) is 1.87. The highest BCUT2D eigenvalue weighted by atomic mass is 35.5. The van der Waals surface area contributed by atoms with Crippen LogP contribution in [0.2, 0.25) is 5.02 Å². The molecule has 0 spiro atoms. The van der Waals surface area contributed by atoms with Crippen molar-refractivity contribution in [1.82, 2.24) is 15.0 Å². The highest BCUT2D eigenvalue weighted by Crippen LogP contribution is 2.18. The van der Waals surface area contributed by atoms with E-state index in [9.17, 15) is 4.79 Å². The van der Waals surface area contributed by atoms with E-state index in [1.54, 1.807) is 42.7 Å². The Labute approximate surface area is 107 Å². The quantitative estimate of drug-likeness (QED) is 0.729. The van der Waals surface area contributed by atoms with Gasteiger partial charge in [-0.25, -0.2) is 4.98 Å². The van der Waals surface area contributed by atoms with Crippen LogP contribution in [-0.2, 0) is 0 Å².